The molecule has 0 radical (unpaired) electrons. The van der Waals surface area contributed by atoms with Gasteiger partial charge in [0.15, 0.2) is 5.13 Å². The van der Waals surface area contributed by atoms with E-state index in [1.54, 1.807) is 11.3 Å². The Morgan fingerprint density at radius 1 is 1.67 bits per heavy atom. The van der Waals surface area contributed by atoms with Crippen LogP contribution in [0.1, 0.15) is 25.7 Å². The molecule has 1 fully saturated rings. The van der Waals surface area contributed by atoms with Crippen LogP contribution in [0.25, 0.3) is 0 Å². The molecule has 0 aromatic carbocycles. The van der Waals surface area contributed by atoms with Crippen LogP contribution in [0, 0.1) is 0 Å². The summed E-state index contributed by atoms with van der Waals surface area (Å²) in [7, 11) is 0. The van der Waals surface area contributed by atoms with Crippen LogP contribution < -0.4 is 4.90 Å². The number of aliphatic hydroxyl groups excluding tert-OH is 1. The lowest BCUT2D eigenvalue weighted by Crippen LogP contribution is -2.29. The van der Waals surface area contributed by atoms with E-state index in [0.29, 0.717) is 12.6 Å². The molecule has 84 valence electrons. The van der Waals surface area contributed by atoms with Crippen molar-refractivity contribution in [1.82, 2.24) is 4.98 Å². The van der Waals surface area contributed by atoms with Crippen molar-refractivity contribution in [2.75, 3.05) is 18.1 Å². The summed E-state index contributed by atoms with van der Waals surface area (Å²) in [6.07, 6.45) is 4.45. The molecule has 0 aliphatic carbocycles. The second kappa shape index (κ2) is 5.27. The van der Waals surface area contributed by atoms with Gasteiger partial charge in [-0.1, -0.05) is 0 Å². The van der Waals surface area contributed by atoms with Crippen molar-refractivity contribution >= 4 is 32.4 Å². The molecule has 2 heterocycles. The molecule has 1 N–H and O–H groups in total. The molecule has 0 bridgehead atoms. The highest BCUT2D eigenvalue weighted by Gasteiger charge is 2.25. The van der Waals surface area contributed by atoms with E-state index in [4.69, 9.17) is 5.11 Å². The predicted octanol–water partition coefficient (Wildman–Crippen LogP) is 2.65. The maximum absolute atomic E-state index is 8.85. The normalized spacial score (nSPS) is 21.2. The monoisotopic (exact) mass is 290 g/mol. The molecule has 1 atom stereocenters. The molecule has 2 rings (SSSR count). The molecule has 1 aliphatic rings. The van der Waals surface area contributed by atoms with Gasteiger partial charge in [0.25, 0.3) is 0 Å². The summed E-state index contributed by atoms with van der Waals surface area (Å²) in [4.78, 5) is 6.83. The van der Waals surface area contributed by atoms with Crippen LogP contribution in [0.4, 0.5) is 5.13 Å². The lowest BCUT2D eigenvalue weighted by Gasteiger charge is -2.23. The van der Waals surface area contributed by atoms with Crippen molar-refractivity contribution in [3.05, 3.63) is 9.98 Å². The molecule has 0 saturated carbocycles. The Morgan fingerprint density at radius 3 is 3.20 bits per heavy atom. The summed E-state index contributed by atoms with van der Waals surface area (Å²) in [6.45, 7) is 1.40. The molecule has 1 aromatic heterocycles. The Hall–Kier alpha value is -0.130. The van der Waals surface area contributed by atoms with Gasteiger partial charge in [0, 0.05) is 24.6 Å². The van der Waals surface area contributed by atoms with Crippen molar-refractivity contribution in [3.8, 4) is 0 Å². The van der Waals surface area contributed by atoms with E-state index >= 15 is 0 Å². The van der Waals surface area contributed by atoms with E-state index < -0.39 is 0 Å². The Morgan fingerprint density at radius 2 is 2.53 bits per heavy atom. The minimum atomic E-state index is 0.298. The number of rotatable bonds is 4. The van der Waals surface area contributed by atoms with Crippen LogP contribution >= 0.6 is 27.3 Å². The van der Waals surface area contributed by atoms with Crippen molar-refractivity contribution in [1.29, 1.82) is 0 Å². The number of hydrogen-bond acceptors (Lipinski definition) is 4. The van der Waals surface area contributed by atoms with Crippen LogP contribution in [0.15, 0.2) is 9.98 Å². The van der Waals surface area contributed by atoms with Crippen LogP contribution in [0.3, 0.4) is 0 Å². The molecule has 0 amide bonds. The molecule has 1 aliphatic heterocycles. The third kappa shape index (κ3) is 2.71. The number of halogens is 1. The fourth-order valence-corrected chi connectivity index (χ4v) is 3.44. The Kier molecular flexibility index (Phi) is 3.99. The second-order valence-corrected chi connectivity index (χ2v) is 5.46. The maximum atomic E-state index is 8.85. The first-order valence-electron chi connectivity index (χ1n) is 5.30. The van der Waals surface area contributed by atoms with Gasteiger partial charge in [0.05, 0.1) is 0 Å². The van der Waals surface area contributed by atoms with Crippen LogP contribution in [0.2, 0.25) is 0 Å². The standard InChI is InChI=1S/C10H15BrN2OS/c11-9-7-15-10(12-9)13-5-1-3-8(13)4-2-6-14/h7-8,14H,1-6H2. The first kappa shape index (κ1) is 11.4. The summed E-state index contributed by atoms with van der Waals surface area (Å²) in [6, 6.07) is 0.579. The fourth-order valence-electron chi connectivity index (χ4n) is 2.09. The molecule has 1 unspecified atom stereocenters. The van der Waals surface area contributed by atoms with Crippen molar-refractivity contribution in [2.24, 2.45) is 0 Å². The van der Waals surface area contributed by atoms with E-state index in [1.165, 1.54) is 12.8 Å². The van der Waals surface area contributed by atoms with E-state index in [1.807, 2.05) is 5.38 Å². The highest BCUT2D eigenvalue weighted by molar-refractivity contribution is 9.10. The van der Waals surface area contributed by atoms with E-state index in [9.17, 15) is 0 Å². The Bertz CT molecular complexity index is 318. The zero-order chi connectivity index (χ0) is 10.7. The minimum Gasteiger partial charge on any atom is -0.396 e. The number of nitrogens with zero attached hydrogens (tertiary/aromatic N) is 2. The summed E-state index contributed by atoms with van der Waals surface area (Å²) in [5.41, 5.74) is 0. The van der Waals surface area contributed by atoms with Crippen molar-refractivity contribution in [3.63, 3.8) is 0 Å². The topological polar surface area (TPSA) is 36.4 Å². The number of aliphatic hydroxyl groups is 1. The highest BCUT2D eigenvalue weighted by atomic mass is 79.9. The van der Waals surface area contributed by atoms with E-state index in [-0.39, 0.29) is 0 Å². The smallest absolute Gasteiger partial charge is 0.186 e. The van der Waals surface area contributed by atoms with Gasteiger partial charge in [-0.15, -0.1) is 11.3 Å². The first-order valence-corrected chi connectivity index (χ1v) is 6.97. The molecule has 5 heteroatoms. The number of hydrogen-bond donors (Lipinski definition) is 1. The molecule has 3 nitrogen and oxygen atoms in total. The van der Waals surface area contributed by atoms with Gasteiger partial charge in [-0.2, -0.15) is 0 Å². The van der Waals surface area contributed by atoms with Crippen LogP contribution in [0.5, 0.6) is 0 Å². The lowest BCUT2D eigenvalue weighted by molar-refractivity contribution is 0.279. The number of aromatic nitrogens is 1. The zero-order valence-corrected chi connectivity index (χ0v) is 10.9. The van der Waals surface area contributed by atoms with Gasteiger partial charge in [-0.3, -0.25) is 0 Å². The second-order valence-electron chi connectivity index (χ2n) is 3.81. The average Bonchev–Trinajstić information content (AvgIpc) is 2.82. The van der Waals surface area contributed by atoms with E-state index in [2.05, 4.69) is 25.8 Å². The molecular formula is C10H15BrN2OS. The van der Waals surface area contributed by atoms with Gasteiger partial charge in [0.2, 0.25) is 0 Å². The molecular weight excluding hydrogens is 276 g/mol. The van der Waals surface area contributed by atoms with Crippen LogP contribution in [-0.2, 0) is 0 Å². The first-order chi connectivity index (χ1) is 7.31. The van der Waals surface area contributed by atoms with Crippen LogP contribution in [-0.4, -0.2) is 29.3 Å². The SMILES string of the molecule is OCCCC1CCCN1c1nc(Br)cs1. The fraction of sp³-hybridized carbons (Fsp3) is 0.700. The third-order valence-electron chi connectivity index (χ3n) is 2.78. The highest BCUT2D eigenvalue weighted by Crippen LogP contribution is 2.31. The van der Waals surface area contributed by atoms with Crippen molar-refractivity contribution < 1.29 is 5.11 Å². The van der Waals surface area contributed by atoms with Gasteiger partial charge >= 0.3 is 0 Å². The summed E-state index contributed by atoms with van der Waals surface area (Å²) in [5.74, 6) is 0. The lowest BCUT2D eigenvalue weighted by atomic mass is 10.1. The molecule has 1 saturated heterocycles. The van der Waals surface area contributed by atoms with Gasteiger partial charge < -0.3 is 10.0 Å². The minimum absolute atomic E-state index is 0.298. The summed E-state index contributed by atoms with van der Waals surface area (Å²) in [5, 5.41) is 12.0. The zero-order valence-electron chi connectivity index (χ0n) is 8.53. The molecule has 1 aromatic rings. The quantitative estimate of drug-likeness (QED) is 0.926. The van der Waals surface area contributed by atoms with Crippen molar-refractivity contribution in [2.45, 2.75) is 31.7 Å². The van der Waals surface area contributed by atoms with Gasteiger partial charge in [0.1, 0.15) is 4.60 Å². The number of thiazole rings is 1. The van der Waals surface area contributed by atoms with E-state index in [0.717, 1.165) is 29.1 Å². The molecule has 0 spiro atoms. The Labute approximate surface area is 102 Å². The number of anilines is 1. The summed E-state index contributed by atoms with van der Waals surface area (Å²) >= 11 is 5.07. The average molecular weight is 291 g/mol. The predicted molar refractivity (Wildman–Crippen MR) is 66.5 cm³/mol. The third-order valence-corrected chi connectivity index (χ3v) is 4.37. The maximum Gasteiger partial charge on any atom is 0.186 e. The largest absolute Gasteiger partial charge is 0.396 e. The Balaban J connectivity index is 2.01. The van der Waals surface area contributed by atoms with Gasteiger partial charge in [-0.05, 0) is 41.6 Å². The molecule has 15 heavy (non-hydrogen) atoms. The summed E-state index contributed by atoms with van der Waals surface area (Å²) < 4.78 is 0.926. The van der Waals surface area contributed by atoms with Gasteiger partial charge in [-0.25, -0.2) is 4.98 Å².